The molecule has 1 unspecified atom stereocenters. The van der Waals surface area contributed by atoms with E-state index in [0.29, 0.717) is 6.42 Å². The van der Waals surface area contributed by atoms with Gasteiger partial charge in [-0.3, -0.25) is 0 Å². The largest absolute Gasteiger partial charge is 0.466 e. The van der Waals surface area contributed by atoms with Crippen molar-refractivity contribution in [3.8, 4) is 0 Å². The SMILES string of the molecule is Cc1oc(C)c(C(O)Cc2cccs2)c1C. The molecule has 0 aliphatic heterocycles. The summed E-state index contributed by atoms with van der Waals surface area (Å²) >= 11 is 1.67. The van der Waals surface area contributed by atoms with Crippen LogP contribution in [0.15, 0.2) is 21.9 Å². The lowest BCUT2D eigenvalue weighted by atomic mass is 10.0. The zero-order chi connectivity index (χ0) is 11.7. The first kappa shape index (κ1) is 11.4. The standard InChI is InChI=1S/C13H16O2S/c1-8-9(2)15-10(3)13(8)12(14)7-11-5-4-6-16-11/h4-6,12,14H,7H2,1-3H3. The zero-order valence-electron chi connectivity index (χ0n) is 9.78. The van der Waals surface area contributed by atoms with Gasteiger partial charge in [-0.25, -0.2) is 0 Å². The number of hydrogen-bond donors (Lipinski definition) is 1. The highest BCUT2D eigenvalue weighted by atomic mass is 32.1. The molecule has 0 fully saturated rings. The van der Waals surface area contributed by atoms with Crippen LogP contribution in [-0.2, 0) is 6.42 Å². The van der Waals surface area contributed by atoms with Crippen molar-refractivity contribution in [3.05, 3.63) is 45.0 Å². The van der Waals surface area contributed by atoms with Crippen LogP contribution in [-0.4, -0.2) is 5.11 Å². The van der Waals surface area contributed by atoms with E-state index in [1.54, 1.807) is 11.3 Å². The fraction of sp³-hybridized carbons (Fsp3) is 0.385. The molecule has 1 atom stereocenters. The van der Waals surface area contributed by atoms with Crippen molar-refractivity contribution in [2.75, 3.05) is 0 Å². The maximum Gasteiger partial charge on any atom is 0.107 e. The lowest BCUT2D eigenvalue weighted by Crippen LogP contribution is -2.02. The maximum atomic E-state index is 10.2. The summed E-state index contributed by atoms with van der Waals surface area (Å²) < 4.78 is 5.53. The van der Waals surface area contributed by atoms with Gasteiger partial charge in [-0.2, -0.15) is 0 Å². The molecule has 1 N–H and O–H groups in total. The lowest BCUT2D eigenvalue weighted by Gasteiger charge is -2.09. The highest BCUT2D eigenvalue weighted by Gasteiger charge is 2.19. The molecule has 86 valence electrons. The van der Waals surface area contributed by atoms with E-state index in [1.807, 2.05) is 38.3 Å². The highest BCUT2D eigenvalue weighted by molar-refractivity contribution is 7.09. The first-order valence-electron chi connectivity index (χ1n) is 5.36. The second kappa shape index (κ2) is 4.44. The molecule has 2 heterocycles. The minimum Gasteiger partial charge on any atom is -0.466 e. The summed E-state index contributed by atoms with van der Waals surface area (Å²) in [6.45, 7) is 5.84. The minimum absolute atomic E-state index is 0.462. The van der Waals surface area contributed by atoms with Crippen LogP contribution in [0.25, 0.3) is 0 Å². The van der Waals surface area contributed by atoms with Crippen LogP contribution >= 0.6 is 11.3 Å². The molecular formula is C13H16O2S. The zero-order valence-corrected chi connectivity index (χ0v) is 10.6. The van der Waals surface area contributed by atoms with Crippen LogP contribution in [0.3, 0.4) is 0 Å². The van der Waals surface area contributed by atoms with Crippen molar-refractivity contribution in [1.29, 1.82) is 0 Å². The highest BCUT2D eigenvalue weighted by Crippen LogP contribution is 2.29. The van der Waals surface area contributed by atoms with Crippen molar-refractivity contribution in [2.24, 2.45) is 0 Å². The molecule has 16 heavy (non-hydrogen) atoms. The van der Waals surface area contributed by atoms with Crippen molar-refractivity contribution in [2.45, 2.75) is 33.3 Å². The van der Waals surface area contributed by atoms with Crippen LogP contribution in [0, 0.1) is 20.8 Å². The molecule has 0 radical (unpaired) electrons. The predicted octanol–water partition coefficient (Wildman–Crippen LogP) is 3.54. The summed E-state index contributed by atoms with van der Waals surface area (Å²) in [6.07, 6.45) is 0.203. The van der Waals surface area contributed by atoms with Gasteiger partial charge in [0.15, 0.2) is 0 Å². The maximum absolute atomic E-state index is 10.2. The number of rotatable bonds is 3. The number of aliphatic hydroxyl groups is 1. The fourth-order valence-corrected chi connectivity index (χ4v) is 2.76. The fourth-order valence-electron chi connectivity index (χ4n) is 2.02. The van der Waals surface area contributed by atoms with Crippen LogP contribution in [0.4, 0.5) is 0 Å². The Bertz CT molecular complexity index is 468. The van der Waals surface area contributed by atoms with Crippen LogP contribution in [0.1, 0.15) is 33.6 Å². The van der Waals surface area contributed by atoms with E-state index in [9.17, 15) is 5.11 Å². The van der Waals surface area contributed by atoms with Gasteiger partial charge in [-0.1, -0.05) is 6.07 Å². The van der Waals surface area contributed by atoms with Gasteiger partial charge < -0.3 is 9.52 Å². The van der Waals surface area contributed by atoms with E-state index < -0.39 is 6.10 Å². The summed E-state index contributed by atoms with van der Waals surface area (Å²) in [5.74, 6) is 1.73. The Labute approximate surface area is 99.5 Å². The molecule has 0 aromatic carbocycles. The molecule has 0 aliphatic rings. The van der Waals surface area contributed by atoms with Crippen molar-refractivity contribution in [1.82, 2.24) is 0 Å². The van der Waals surface area contributed by atoms with Crippen LogP contribution in [0.5, 0.6) is 0 Å². The number of aryl methyl sites for hydroxylation is 2. The van der Waals surface area contributed by atoms with E-state index in [1.165, 1.54) is 4.88 Å². The van der Waals surface area contributed by atoms with Crippen molar-refractivity contribution in [3.63, 3.8) is 0 Å². The monoisotopic (exact) mass is 236 g/mol. The Hall–Kier alpha value is -1.06. The summed E-state index contributed by atoms with van der Waals surface area (Å²) in [7, 11) is 0. The number of thiophene rings is 1. The molecule has 2 aromatic heterocycles. The normalized spacial score (nSPS) is 13.0. The first-order valence-corrected chi connectivity index (χ1v) is 6.24. The van der Waals surface area contributed by atoms with Gasteiger partial charge in [0, 0.05) is 16.9 Å². The molecule has 0 saturated carbocycles. The van der Waals surface area contributed by atoms with Crippen molar-refractivity contribution < 1.29 is 9.52 Å². The average Bonchev–Trinajstić information content (AvgIpc) is 2.77. The molecule has 2 aromatic rings. The van der Waals surface area contributed by atoms with Gasteiger partial charge in [0.1, 0.15) is 11.5 Å². The molecule has 3 heteroatoms. The van der Waals surface area contributed by atoms with E-state index in [-0.39, 0.29) is 0 Å². The minimum atomic E-state index is -0.462. The van der Waals surface area contributed by atoms with Gasteiger partial charge in [0.25, 0.3) is 0 Å². The summed E-state index contributed by atoms with van der Waals surface area (Å²) in [4.78, 5) is 1.20. The Balaban J connectivity index is 2.24. The molecule has 0 aliphatic carbocycles. The van der Waals surface area contributed by atoms with Gasteiger partial charge in [0.05, 0.1) is 6.10 Å². The third-order valence-electron chi connectivity index (χ3n) is 2.93. The molecule has 0 saturated heterocycles. The molecule has 2 rings (SSSR count). The summed E-state index contributed by atoms with van der Waals surface area (Å²) in [5.41, 5.74) is 2.02. The lowest BCUT2D eigenvalue weighted by molar-refractivity contribution is 0.177. The molecule has 0 bridgehead atoms. The second-order valence-corrected chi connectivity index (χ2v) is 5.08. The predicted molar refractivity (Wildman–Crippen MR) is 65.9 cm³/mol. The quantitative estimate of drug-likeness (QED) is 0.884. The molecular weight excluding hydrogens is 220 g/mol. The Kier molecular flexibility index (Phi) is 3.17. The average molecular weight is 236 g/mol. The van der Waals surface area contributed by atoms with E-state index >= 15 is 0 Å². The Morgan fingerprint density at radius 3 is 2.56 bits per heavy atom. The first-order chi connectivity index (χ1) is 7.59. The van der Waals surface area contributed by atoms with Gasteiger partial charge in [0.2, 0.25) is 0 Å². The topological polar surface area (TPSA) is 33.4 Å². The molecule has 0 spiro atoms. The number of hydrogen-bond acceptors (Lipinski definition) is 3. The number of aliphatic hydroxyl groups excluding tert-OH is 1. The molecule has 0 amide bonds. The van der Waals surface area contributed by atoms with Gasteiger partial charge in [-0.15, -0.1) is 11.3 Å². The van der Waals surface area contributed by atoms with E-state index in [2.05, 4.69) is 0 Å². The van der Waals surface area contributed by atoms with E-state index in [0.717, 1.165) is 22.6 Å². The number of furan rings is 1. The third-order valence-corrected chi connectivity index (χ3v) is 3.82. The van der Waals surface area contributed by atoms with Crippen LogP contribution in [0.2, 0.25) is 0 Å². The van der Waals surface area contributed by atoms with Crippen LogP contribution < -0.4 is 0 Å². The summed E-state index contributed by atoms with van der Waals surface area (Å²) in [6, 6.07) is 4.05. The molecule has 2 nitrogen and oxygen atoms in total. The Morgan fingerprint density at radius 1 is 1.31 bits per heavy atom. The third kappa shape index (κ3) is 2.06. The van der Waals surface area contributed by atoms with E-state index in [4.69, 9.17) is 4.42 Å². The van der Waals surface area contributed by atoms with Gasteiger partial charge >= 0.3 is 0 Å². The van der Waals surface area contributed by atoms with Crippen molar-refractivity contribution >= 4 is 11.3 Å². The summed E-state index contributed by atoms with van der Waals surface area (Å²) in [5, 5.41) is 12.2. The van der Waals surface area contributed by atoms with Gasteiger partial charge in [-0.05, 0) is 37.8 Å². The second-order valence-electron chi connectivity index (χ2n) is 4.05. The Morgan fingerprint density at radius 2 is 2.06 bits per heavy atom. The smallest absolute Gasteiger partial charge is 0.107 e.